The predicted octanol–water partition coefficient (Wildman–Crippen LogP) is 2.48. The Hall–Kier alpha value is -1.47. The molecule has 17 heavy (non-hydrogen) atoms. The lowest BCUT2D eigenvalue weighted by Gasteiger charge is -2.04. The molecule has 0 radical (unpaired) electrons. The van der Waals surface area contributed by atoms with Gasteiger partial charge in [-0.2, -0.15) is 0 Å². The monoisotopic (exact) mass is 265 g/mol. The van der Waals surface area contributed by atoms with Gasteiger partial charge in [-0.3, -0.25) is 4.40 Å². The first-order chi connectivity index (χ1) is 8.25. The minimum atomic E-state index is 0.744. The van der Waals surface area contributed by atoms with Gasteiger partial charge in [-0.1, -0.05) is 4.49 Å². The Kier molecular flexibility index (Phi) is 2.56. The molecule has 7 heteroatoms. The second kappa shape index (κ2) is 4.08. The second-order valence-electron chi connectivity index (χ2n) is 3.77. The van der Waals surface area contributed by atoms with Crippen LogP contribution < -0.4 is 5.32 Å². The summed E-state index contributed by atoms with van der Waals surface area (Å²) < 4.78 is 6.02. The lowest BCUT2D eigenvalue weighted by molar-refractivity contribution is 0.968. The van der Waals surface area contributed by atoms with Crippen molar-refractivity contribution in [2.45, 2.75) is 20.4 Å². The fourth-order valence-electron chi connectivity index (χ4n) is 1.79. The van der Waals surface area contributed by atoms with Crippen LogP contribution in [-0.4, -0.2) is 19.0 Å². The number of nitrogens with zero attached hydrogens (tertiary/aromatic N) is 4. The van der Waals surface area contributed by atoms with Gasteiger partial charge in [0, 0.05) is 22.6 Å². The van der Waals surface area contributed by atoms with Crippen molar-refractivity contribution in [1.82, 2.24) is 19.0 Å². The Labute approximate surface area is 106 Å². The van der Waals surface area contributed by atoms with Crippen LogP contribution in [0.4, 0.5) is 5.00 Å². The molecule has 0 aliphatic carbocycles. The highest BCUT2D eigenvalue weighted by Gasteiger charge is 2.11. The quantitative estimate of drug-likeness (QED) is 0.790. The van der Waals surface area contributed by atoms with Crippen molar-refractivity contribution in [2.75, 3.05) is 5.32 Å². The van der Waals surface area contributed by atoms with Gasteiger partial charge in [-0.15, -0.1) is 16.4 Å². The van der Waals surface area contributed by atoms with E-state index in [1.54, 1.807) is 17.5 Å². The fourth-order valence-corrected chi connectivity index (χ4v) is 3.14. The Morgan fingerprint density at radius 2 is 2.29 bits per heavy atom. The highest BCUT2D eigenvalue weighted by Crippen LogP contribution is 2.21. The SMILES string of the molecule is Cc1nc2scc(C)n2c1CNc1cnns1. The number of thiazole rings is 1. The summed E-state index contributed by atoms with van der Waals surface area (Å²) in [5, 5.41) is 10.2. The third-order valence-corrected chi connectivity index (χ3v) is 4.19. The maximum Gasteiger partial charge on any atom is 0.194 e. The van der Waals surface area contributed by atoms with Crippen molar-refractivity contribution < 1.29 is 0 Å². The van der Waals surface area contributed by atoms with Gasteiger partial charge in [0.25, 0.3) is 0 Å². The molecule has 0 bridgehead atoms. The second-order valence-corrected chi connectivity index (χ2v) is 5.40. The van der Waals surface area contributed by atoms with E-state index in [0.29, 0.717) is 0 Å². The van der Waals surface area contributed by atoms with E-state index in [-0.39, 0.29) is 0 Å². The molecule has 0 saturated carbocycles. The van der Waals surface area contributed by atoms with Crippen molar-refractivity contribution in [3.8, 4) is 0 Å². The van der Waals surface area contributed by atoms with Crippen LogP contribution >= 0.6 is 22.9 Å². The van der Waals surface area contributed by atoms with E-state index in [0.717, 1.165) is 22.2 Å². The zero-order chi connectivity index (χ0) is 11.8. The van der Waals surface area contributed by atoms with Crippen LogP contribution in [0.1, 0.15) is 17.1 Å². The zero-order valence-electron chi connectivity index (χ0n) is 9.47. The summed E-state index contributed by atoms with van der Waals surface area (Å²) in [5.41, 5.74) is 3.50. The maximum absolute atomic E-state index is 4.55. The summed E-state index contributed by atoms with van der Waals surface area (Å²) in [6.07, 6.45) is 1.73. The summed E-state index contributed by atoms with van der Waals surface area (Å²) in [7, 11) is 0. The minimum Gasteiger partial charge on any atom is -0.369 e. The van der Waals surface area contributed by atoms with Crippen molar-refractivity contribution in [3.05, 3.63) is 28.7 Å². The molecule has 0 saturated heterocycles. The molecular weight excluding hydrogens is 254 g/mol. The van der Waals surface area contributed by atoms with Crippen molar-refractivity contribution in [1.29, 1.82) is 0 Å². The molecule has 3 rings (SSSR count). The highest BCUT2D eigenvalue weighted by atomic mass is 32.1. The smallest absolute Gasteiger partial charge is 0.194 e. The van der Waals surface area contributed by atoms with Crippen LogP contribution in [0.2, 0.25) is 0 Å². The lowest BCUT2D eigenvalue weighted by atomic mass is 10.3. The Bertz CT molecular complexity index is 637. The molecule has 3 aromatic heterocycles. The van der Waals surface area contributed by atoms with Crippen LogP contribution in [0.3, 0.4) is 0 Å². The molecule has 0 aromatic carbocycles. The van der Waals surface area contributed by atoms with E-state index in [9.17, 15) is 0 Å². The fraction of sp³-hybridized carbons (Fsp3) is 0.300. The topological polar surface area (TPSA) is 55.1 Å². The maximum atomic E-state index is 4.55. The van der Waals surface area contributed by atoms with Gasteiger partial charge in [0.2, 0.25) is 0 Å². The molecule has 0 aliphatic heterocycles. The number of aromatic nitrogens is 4. The molecule has 88 valence electrons. The van der Waals surface area contributed by atoms with Gasteiger partial charge in [0.1, 0.15) is 5.00 Å². The molecule has 3 aromatic rings. The Morgan fingerprint density at radius 3 is 3.06 bits per heavy atom. The normalized spacial score (nSPS) is 11.2. The van der Waals surface area contributed by atoms with Crippen LogP contribution in [0.15, 0.2) is 11.6 Å². The predicted molar refractivity (Wildman–Crippen MR) is 69.8 cm³/mol. The first kappa shape index (κ1) is 10.7. The molecule has 3 heterocycles. The number of hydrogen-bond acceptors (Lipinski definition) is 6. The van der Waals surface area contributed by atoms with Crippen molar-refractivity contribution in [2.24, 2.45) is 0 Å². The molecule has 0 amide bonds. The highest BCUT2D eigenvalue weighted by molar-refractivity contribution is 7.15. The molecule has 5 nitrogen and oxygen atoms in total. The summed E-state index contributed by atoms with van der Waals surface area (Å²) >= 11 is 3.04. The van der Waals surface area contributed by atoms with Crippen LogP contribution in [0.5, 0.6) is 0 Å². The van der Waals surface area contributed by atoms with E-state index in [2.05, 4.69) is 36.6 Å². The number of imidazole rings is 1. The average Bonchev–Trinajstić information content (AvgIpc) is 2.97. The van der Waals surface area contributed by atoms with Gasteiger partial charge in [-0.25, -0.2) is 4.98 Å². The number of hydrogen-bond donors (Lipinski definition) is 1. The lowest BCUT2D eigenvalue weighted by Crippen LogP contribution is -2.03. The third kappa shape index (κ3) is 1.81. The largest absolute Gasteiger partial charge is 0.369 e. The standard InChI is InChI=1S/C10H11N5S2/c1-6-5-16-10-13-7(2)8(15(6)10)3-11-9-4-12-14-17-9/h4-5,11H,3H2,1-2H3. The number of aryl methyl sites for hydroxylation is 2. The summed E-state index contributed by atoms with van der Waals surface area (Å²) in [5.74, 6) is 0. The van der Waals surface area contributed by atoms with Crippen molar-refractivity contribution >= 4 is 32.8 Å². The molecule has 0 spiro atoms. The third-order valence-electron chi connectivity index (χ3n) is 2.62. The molecule has 1 N–H and O–H groups in total. The van der Waals surface area contributed by atoms with E-state index in [1.807, 2.05) is 6.92 Å². The van der Waals surface area contributed by atoms with E-state index in [4.69, 9.17) is 0 Å². The number of fused-ring (bicyclic) bond motifs is 1. The van der Waals surface area contributed by atoms with Crippen LogP contribution in [0, 0.1) is 13.8 Å². The zero-order valence-corrected chi connectivity index (χ0v) is 11.1. The Morgan fingerprint density at radius 1 is 1.41 bits per heavy atom. The summed E-state index contributed by atoms with van der Waals surface area (Å²) in [6.45, 7) is 4.89. The molecule has 0 atom stereocenters. The van der Waals surface area contributed by atoms with Crippen LogP contribution in [-0.2, 0) is 6.54 Å². The minimum absolute atomic E-state index is 0.744. The van der Waals surface area contributed by atoms with Gasteiger partial charge >= 0.3 is 0 Å². The molecular formula is C10H11N5S2. The first-order valence-electron chi connectivity index (χ1n) is 5.19. The molecule has 0 fully saturated rings. The van der Waals surface area contributed by atoms with Crippen LogP contribution in [0.25, 0.3) is 4.96 Å². The average molecular weight is 265 g/mol. The molecule has 0 unspecified atom stereocenters. The first-order valence-corrected chi connectivity index (χ1v) is 6.84. The summed E-state index contributed by atoms with van der Waals surface area (Å²) in [4.78, 5) is 5.60. The number of anilines is 1. The van der Waals surface area contributed by atoms with Gasteiger partial charge < -0.3 is 5.32 Å². The van der Waals surface area contributed by atoms with Gasteiger partial charge in [-0.05, 0) is 13.8 Å². The Balaban J connectivity index is 1.93. The van der Waals surface area contributed by atoms with E-state index >= 15 is 0 Å². The number of nitrogens with one attached hydrogen (secondary N) is 1. The van der Waals surface area contributed by atoms with Crippen molar-refractivity contribution in [3.63, 3.8) is 0 Å². The summed E-state index contributed by atoms with van der Waals surface area (Å²) in [6, 6.07) is 0. The van der Waals surface area contributed by atoms with E-state index in [1.165, 1.54) is 22.9 Å². The van der Waals surface area contributed by atoms with E-state index < -0.39 is 0 Å². The molecule has 0 aliphatic rings. The van der Waals surface area contributed by atoms with Gasteiger partial charge in [0.15, 0.2) is 4.96 Å². The van der Waals surface area contributed by atoms with Gasteiger partial charge in [0.05, 0.1) is 24.1 Å². The number of rotatable bonds is 3.